The van der Waals surface area contributed by atoms with Crippen molar-refractivity contribution in [2.45, 2.75) is 50.6 Å². The molecular formula is C19H25N3O2S. The summed E-state index contributed by atoms with van der Waals surface area (Å²) in [5.41, 5.74) is 0.278. The van der Waals surface area contributed by atoms with Gasteiger partial charge in [-0.3, -0.25) is 14.6 Å². The van der Waals surface area contributed by atoms with Crippen molar-refractivity contribution in [1.29, 1.82) is 0 Å². The van der Waals surface area contributed by atoms with E-state index in [2.05, 4.69) is 15.6 Å². The lowest BCUT2D eigenvalue weighted by molar-refractivity contribution is -0.135. The molecule has 0 saturated heterocycles. The highest BCUT2D eigenvalue weighted by atomic mass is 32.2. The van der Waals surface area contributed by atoms with E-state index >= 15 is 0 Å². The number of carbonyl (C=O) groups is 2. The number of carbonyl (C=O) groups excluding carboxylic acids is 2. The lowest BCUT2D eigenvalue weighted by atomic mass is 9.80. The molecule has 0 spiro atoms. The third-order valence-corrected chi connectivity index (χ3v) is 5.91. The molecule has 6 heteroatoms. The van der Waals surface area contributed by atoms with Gasteiger partial charge in [-0.15, -0.1) is 11.8 Å². The number of aliphatic imine (C=N–C) groups is 1. The second-order valence-electron chi connectivity index (χ2n) is 6.62. The molecule has 1 atom stereocenters. The Morgan fingerprint density at radius 1 is 1.20 bits per heavy atom. The maximum Gasteiger partial charge on any atom is 0.246 e. The number of nitrogens with zero attached hydrogens (tertiary/aromatic N) is 1. The van der Waals surface area contributed by atoms with E-state index < -0.39 is 11.6 Å². The minimum Gasteiger partial charge on any atom is -0.354 e. The topological polar surface area (TPSA) is 70.6 Å². The van der Waals surface area contributed by atoms with Gasteiger partial charge >= 0.3 is 0 Å². The molecule has 1 saturated carbocycles. The molecule has 134 valence electrons. The number of hydrogen-bond donors (Lipinski definition) is 2. The van der Waals surface area contributed by atoms with E-state index in [1.165, 1.54) is 0 Å². The zero-order valence-electron chi connectivity index (χ0n) is 14.6. The average molecular weight is 359 g/mol. The highest BCUT2D eigenvalue weighted by Gasteiger charge is 2.42. The minimum atomic E-state index is -0.763. The average Bonchev–Trinajstić information content (AvgIpc) is 3.14. The lowest BCUT2D eigenvalue weighted by Crippen LogP contribution is -2.61. The first-order valence-corrected chi connectivity index (χ1v) is 9.99. The van der Waals surface area contributed by atoms with Crippen molar-refractivity contribution < 1.29 is 9.59 Å². The van der Waals surface area contributed by atoms with Gasteiger partial charge in [0.2, 0.25) is 11.8 Å². The number of amides is 2. The van der Waals surface area contributed by atoms with Crippen LogP contribution in [0.4, 0.5) is 0 Å². The molecule has 1 aliphatic heterocycles. The van der Waals surface area contributed by atoms with Gasteiger partial charge in [-0.05, 0) is 19.8 Å². The molecule has 1 aliphatic carbocycles. The summed E-state index contributed by atoms with van der Waals surface area (Å²) in [4.78, 5) is 30.0. The van der Waals surface area contributed by atoms with Crippen molar-refractivity contribution in [3.05, 3.63) is 35.9 Å². The molecule has 2 aliphatic rings. The quantitative estimate of drug-likeness (QED) is 0.849. The standard InChI is InChI=1S/C19H25N3O2S/c1-2-20-18(24)19(11-7-4-8-12-19)22-16(23)15-13-25-17(21-15)14-9-5-3-6-10-14/h3,5-6,9-10,15H,2,4,7-8,11-13H2,1H3,(H,20,24)(H,22,23)/t15-/m0/s1. The molecule has 2 amide bonds. The van der Waals surface area contributed by atoms with Gasteiger partial charge in [0.25, 0.3) is 0 Å². The van der Waals surface area contributed by atoms with Crippen LogP contribution in [0.2, 0.25) is 0 Å². The molecule has 1 aromatic carbocycles. The van der Waals surface area contributed by atoms with E-state index in [0.29, 0.717) is 25.1 Å². The number of nitrogens with one attached hydrogen (secondary N) is 2. The maximum absolute atomic E-state index is 12.8. The maximum atomic E-state index is 12.8. The first-order valence-electron chi connectivity index (χ1n) is 9.01. The summed E-state index contributed by atoms with van der Waals surface area (Å²) in [6, 6.07) is 9.49. The van der Waals surface area contributed by atoms with E-state index in [4.69, 9.17) is 0 Å². The van der Waals surface area contributed by atoms with Crippen molar-refractivity contribution in [2.24, 2.45) is 4.99 Å². The van der Waals surface area contributed by atoms with Gasteiger partial charge in [-0.2, -0.15) is 0 Å². The Morgan fingerprint density at radius 2 is 1.92 bits per heavy atom. The number of hydrogen-bond acceptors (Lipinski definition) is 4. The molecule has 5 nitrogen and oxygen atoms in total. The van der Waals surface area contributed by atoms with Crippen LogP contribution in [-0.4, -0.2) is 40.7 Å². The van der Waals surface area contributed by atoms with Crippen LogP contribution in [0, 0.1) is 0 Å². The van der Waals surface area contributed by atoms with Crippen LogP contribution in [0.25, 0.3) is 0 Å². The first kappa shape index (κ1) is 18.0. The lowest BCUT2D eigenvalue weighted by Gasteiger charge is -2.37. The van der Waals surface area contributed by atoms with Crippen molar-refractivity contribution >= 4 is 28.6 Å². The zero-order valence-corrected chi connectivity index (χ0v) is 15.4. The van der Waals surface area contributed by atoms with Crippen LogP contribution >= 0.6 is 11.8 Å². The third kappa shape index (κ3) is 4.06. The van der Waals surface area contributed by atoms with E-state index in [9.17, 15) is 9.59 Å². The van der Waals surface area contributed by atoms with Gasteiger partial charge in [0, 0.05) is 17.9 Å². The monoisotopic (exact) mass is 359 g/mol. The Bertz CT molecular complexity index is 654. The van der Waals surface area contributed by atoms with E-state index in [1.54, 1.807) is 11.8 Å². The number of likely N-dealkylation sites (N-methyl/N-ethyl adjacent to an activating group) is 1. The van der Waals surface area contributed by atoms with Gasteiger partial charge < -0.3 is 10.6 Å². The van der Waals surface area contributed by atoms with Gasteiger partial charge in [0.15, 0.2) is 0 Å². The van der Waals surface area contributed by atoms with E-state index in [1.807, 2.05) is 37.3 Å². The van der Waals surface area contributed by atoms with Crippen molar-refractivity contribution in [2.75, 3.05) is 12.3 Å². The number of benzene rings is 1. The molecule has 3 rings (SSSR count). The predicted molar refractivity (Wildman–Crippen MR) is 102 cm³/mol. The second-order valence-corrected chi connectivity index (χ2v) is 7.63. The van der Waals surface area contributed by atoms with Crippen LogP contribution in [-0.2, 0) is 9.59 Å². The van der Waals surface area contributed by atoms with Gasteiger partial charge in [-0.25, -0.2) is 0 Å². The summed E-state index contributed by atoms with van der Waals surface area (Å²) >= 11 is 1.60. The van der Waals surface area contributed by atoms with Crippen molar-refractivity contribution in [3.63, 3.8) is 0 Å². The summed E-state index contributed by atoms with van der Waals surface area (Å²) < 4.78 is 0. The van der Waals surface area contributed by atoms with Crippen LogP contribution in [0.15, 0.2) is 35.3 Å². The molecule has 2 N–H and O–H groups in total. The highest BCUT2D eigenvalue weighted by molar-refractivity contribution is 8.14. The fourth-order valence-electron chi connectivity index (χ4n) is 3.46. The zero-order chi connectivity index (χ0) is 17.7. The second kappa shape index (κ2) is 8.04. The molecule has 0 bridgehead atoms. The summed E-state index contributed by atoms with van der Waals surface area (Å²) in [7, 11) is 0. The largest absolute Gasteiger partial charge is 0.354 e. The summed E-state index contributed by atoms with van der Waals surface area (Å²) in [5, 5.41) is 6.85. The molecule has 1 aromatic rings. The van der Waals surface area contributed by atoms with Gasteiger partial charge in [0.1, 0.15) is 11.6 Å². The first-order chi connectivity index (χ1) is 12.1. The van der Waals surface area contributed by atoms with Gasteiger partial charge in [-0.1, -0.05) is 49.6 Å². The number of thioether (sulfide) groups is 1. The van der Waals surface area contributed by atoms with Gasteiger partial charge in [0.05, 0.1) is 5.04 Å². The van der Waals surface area contributed by atoms with Crippen molar-refractivity contribution in [3.8, 4) is 0 Å². The fourth-order valence-corrected chi connectivity index (χ4v) is 4.51. The highest BCUT2D eigenvalue weighted by Crippen LogP contribution is 2.30. The molecule has 1 heterocycles. The van der Waals surface area contributed by atoms with E-state index in [-0.39, 0.29) is 11.8 Å². The smallest absolute Gasteiger partial charge is 0.246 e. The Kier molecular flexibility index (Phi) is 5.78. The van der Waals surface area contributed by atoms with Crippen LogP contribution in [0.5, 0.6) is 0 Å². The molecule has 25 heavy (non-hydrogen) atoms. The molecule has 0 unspecified atom stereocenters. The normalized spacial score (nSPS) is 22.1. The Hall–Kier alpha value is -1.82. The van der Waals surface area contributed by atoms with Crippen LogP contribution in [0.1, 0.15) is 44.6 Å². The summed E-state index contributed by atoms with van der Waals surface area (Å²) in [6.07, 6.45) is 4.47. The third-order valence-electron chi connectivity index (χ3n) is 4.82. The summed E-state index contributed by atoms with van der Waals surface area (Å²) in [6.45, 7) is 2.48. The SMILES string of the molecule is CCNC(=O)C1(NC(=O)[C@@H]2CSC(c3ccccc3)=N2)CCCCC1. The Balaban J connectivity index is 1.72. The fraction of sp³-hybridized carbons (Fsp3) is 0.526. The molecule has 1 fully saturated rings. The van der Waals surface area contributed by atoms with Crippen LogP contribution < -0.4 is 10.6 Å². The van der Waals surface area contributed by atoms with E-state index in [0.717, 1.165) is 29.9 Å². The minimum absolute atomic E-state index is 0.0547. The van der Waals surface area contributed by atoms with Crippen LogP contribution in [0.3, 0.4) is 0 Å². The Morgan fingerprint density at radius 3 is 2.60 bits per heavy atom. The van der Waals surface area contributed by atoms with Crippen molar-refractivity contribution in [1.82, 2.24) is 10.6 Å². The Labute approximate surface area is 153 Å². The number of rotatable bonds is 5. The molecule has 0 aromatic heterocycles. The molecular weight excluding hydrogens is 334 g/mol. The summed E-state index contributed by atoms with van der Waals surface area (Å²) in [5.74, 6) is 0.439. The predicted octanol–water partition coefficient (Wildman–Crippen LogP) is 2.50. The molecule has 0 radical (unpaired) electrons.